The molecule has 0 aliphatic carbocycles. The maximum Gasteiger partial charge on any atom is 0.303 e. The van der Waals surface area contributed by atoms with E-state index >= 15 is 0 Å². The predicted molar refractivity (Wildman–Crippen MR) is 75.2 cm³/mol. The molecule has 0 saturated carbocycles. The average molecular weight is 265 g/mol. The Hall–Kier alpha value is -1.55. The molecule has 0 saturated heterocycles. The molecule has 0 fully saturated rings. The van der Waals surface area contributed by atoms with Gasteiger partial charge in [0.15, 0.2) is 0 Å². The average Bonchev–Trinajstić information content (AvgIpc) is 2.27. The van der Waals surface area contributed by atoms with E-state index < -0.39 is 5.97 Å². The summed E-state index contributed by atoms with van der Waals surface area (Å²) in [5.41, 5.74) is 6.83. The lowest BCUT2D eigenvalue weighted by atomic mass is 9.81. The zero-order chi connectivity index (χ0) is 14.5. The van der Waals surface area contributed by atoms with Crippen LogP contribution in [0.2, 0.25) is 0 Å². The number of carboxylic acids is 1. The van der Waals surface area contributed by atoms with Gasteiger partial charge in [0.2, 0.25) is 0 Å². The SMILES string of the molecule is CCOc1ccc(C(N)CC(C)(C)CC(=O)O)cc1. The molecule has 0 aliphatic heterocycles. The van der Waals surface area contributed by atoms with Crippen LogP contribution in [0.25, 0.3) is 0 Å². The second-order valence-corrected chi connectivity index (χ2v) is 5.55. The minimum atomic E-state index is -0.788. The molecule has 1 unspecified atom stereocenters. The van der Waals surface area contributed by atoms with Crippen LogP contribution in [0, 0.1) is 5.41 Å². The predicted octanol–water partition coefficient (Wildman–Crippen LogP) is 2.98. The first-order valence-electron chi connectivity index (χ1n) is 6.54. The van der Waals surface area contributed by atoms with Crippen molar-refractivity contribution < 1.29 is 14.6 Å². The van der Waals surface area contributed by atoms with Gasteiger partial charge in [-0.3, -0.25) is 4.79 Å². The van der Waals surface area contributed by atoms with Crippen LogP contribution >= 0.6 is 0 Å². The van der Waals surface area contributed by atoms with Gasteiger partial charge in [0.05, 0.1) is 13.0 Å². The summed E-state index contributed by atoms with van der Waals surface area (Å²) < 4.78 is 5.38. The Morgan fingerprint density at radius 1 is 1.37 bits per heavy atom. The largest absolute Gasteiger partial charge is 0.494 e. The second kappa shape index (κ2) is 6.57. The van der Waals surface area contributed by atoms with Crippen molar-refractivity contribution in [2.24, 2.45) is 11.1 Å². The molecule has 1 aromatic carbocycles. The zero-order valence-electron chi connectivity index (χ0n) is 11.8. The van der Waals surface area contributed by atoms with E-state index in [-0.39, 0.29) is 17.9 Å². The Morgan fingerprint density at radius 2 is 1.95 bits per heavy atom. The first-order valence-corrected chi connectivity index (χ1v) is 6.54. The molecule has 0 amide bonds. The Balaban J connectivity index is 2.66. The number of rotatable bonds is 7. The quantitative estimate of drug-likeness (QED) is 0.795. The van der Waals surface area contributed by atoms with E-state index in [4.69, 9.17) is 15.6 Å². The molecule has 0 heterocycles. The molecule has 106 valence electrons. The fourth-order valence-electron chi connectivity index (χ4n) is 2.17. The van der Waals surface area contributed by atoms with Crippen molar-refractivity contribution in [1.82, 2.24) is 0 Å². The van der Waals surface area contributed by atoms with Crippen molar-refractivity contribution in [3.05, 3.63) is 29.8 Å². The maximum atomic E-state index is 10.8. The third-order valence-corrected chi connectivity index (χ3v) is 3.02. The number of aliphatic carboxylic acids is 1. The van der Waals surface area contributed by atoms with Crippen LogP contribution in [0.15, 0.2) is 24.3 Å². The highest BCUT2D eigenvalue weighted by atomic mass is 16.5. The molecule has 3 N–H and O–H groups in total. The number of benzene rings is 1. The number of nitrogens with two attached hydrogens (primary N) is 1. The normalized spacial score (nSPS) is 13.1. The van der Waals surface area contributed by atoms with Crippen molar-refractivity contribution in [2.45, 2.75) is 39.7 Å². The smallest absolute Gasteiger partial charge is 0.303 e. The second-order valence-electron chi connectivity index (χ2n) is 5.55. The maximum absolute atomic E-state index is 10.8. The van der Waals surface area contributed by atoms with Crippen LogP contribution < -0.4 is 10.5 Å². The van der Waals surface area contributed by atoms with Crippen molar-refractivity contribution in [3.8, 4) is 5.75 Å². The topological polar surface area (TPSA) is 72.5 Å². The summed E-state index contributed by atoms with van der Waals surface area (Å²) in [6.07, 6.45) is 0.755. The lowest BCUT2D eigenvalue weighted by Crippen LogP contribution is -2.24. The van der Waals surface area contributed by atoms with Gasteiger partial charge < -0.3 is 15.6 Å². The van der Waals surface area contributed by atoms with Gasteiger partial charge in [0, 0.05) is 6.04 Å². The lowest BCUT2D eigenvalue weighted by Gasteiger charge is -2.26. The highest BCUT2D eigenvalue weighted by Crippen LogP contribution is 2.32. The number of hydrogen-bond donors (Lipinski definition) is 2. The van der Waals surface area contributed by atoms with E-state index in [2.05, 4.69) is 0 Å². The molecule has 0 radical (unpaired) electrons. The molecule has 4 heteroatoms. The van der Waals surface area contributed by atoms with Crippen molar-refractivity contribution in [1.29, 1.82) is 0 Å². The number of carbonyl (C=O) groups is 1. The van der Waals surface area contributed by atoms with E-state index in [1.54, 1.807) is 0 Å². The van der Waals surface area contributed by atoms with Crippen LogP contribution in [-0.4, -0.2) is 17.7 Å². The Kier molecular flexibility index (Phi) is 5.36. The Morgan fingerprint density at radius 3 is 2.42 bits per heavy atom. The molecule has 0 bridgehead atoms. The molecule has 4 nitrogen and oxygen atoms in total. The fourth-order valence-corrected chi connectivity index (χ4v) is 2.17. The molecule has 0 aromatic heterocycles. The van der Waals surface area contributed by atoms with E-state index in [1.165, 1.54) is 0 Å². The Bertz CT molecular complexity index is 412. The van der Waals surface area contributed by atoms with Gasteiger partial charge in [-0.2, -0.15) is 0 Å². The molecule has 1 rings (SSSR count). The third-order valence-electron chi connectivity index (χ3n) is 3.02. The Labute approximate surface area is 114 Å². The molecule has 1 atom stereocenters. The molecular weight excluding hydrogens is 242 g/mol. The highest BCUT2D eigenvalue weighted by Gasteiger charge is 2.25. The summed E-state index contributed by atoms with van der Waals surface area (Å²) in [6, 6.07) is 7.50. The standard InChI is InChI=1S/C15H23NO3/c1-4-19-12-7-5-11(6-8-12)13(16)9-15(2,3)10-14(17)18/h5-8,13H,4,9-10,16H2,1-3H3,(H,17,18). The van der Waals surface area contributed by atoms with E-state index in [1.807, 2.05) is 45.0 Å². The summed E-state index contributed by atoms with van der Waals surface area (Å²) in [5.74, 6) is 0.0344. The molecule has 0 aliphatic rings. The number of carboxylic acid groups (broad SMARTS) is 1. The third kappa shape index (κ3) is 5.30. The van der Waals surface area contributed by atoms with Gasteiger partial charge in [-0.1, -0.05) is 26.0 Å². The highest BCUT2D eigenvalue weighted by molar-refractivity contribution is 5.67. The van der Waals surface area contributed by atoms with E-state index in [0.717, 1.165) is 11.3 Å². The summed E-state index contributed by atoms with van der Waals surface area (Å²) in [6.45, 7) is 6.43. The summed E-state index contributed by atoms with van der Waals surface area (Å²) in [4.78, 5) is 10.8. The lowest BCUT2D eigenvalue weighted by molar-refractivity contribution is -0.139. The zero-order valence-corrected chi connectivity index (χ0v) is 11.8. The number of ether oxygens (including phenoxy) is 1. The number of hydrogen-bond acceptors (Lipinski definition) is 3. The van der Waals surface area contributed by atoms with Crippen molar-refractivity contribution in [2.75, 3.05) is 6.61 Å². The molecule has 1 aromatic rings. The first kappa shape index (κ1) is 15.5. The van der Waals surface area contributed by atoms with Crippen LogP contribution in [-0.2, 0) is 4.79 Å². The minimum absolute atomic E-state index is 0.123. The summed E-state index contributed by atoms with van der Waals surface area (Å²) in [7, 11) is 0. The van der Waals surface area contributed by atoms with Gasteiger partial charge in [-0.05, 0) is 36.5 Å². The molecule has 0 spiro atoms. The fraction of sp³-hybridized carbons (Fsp3) is 0.533. The van der Waals surface area contributed by atoms with Crippen LogP contribution in [0.4, 0.5) is 0 Å². The van der Waals surface area contributed by atoms with Crippen LogP contribution in [0.1, 0.15) is 45.2 Å². The monoisotopic (exact) mass is 265 g/mol. The van der Waals surface area contributed by atoms with Gasteiger partial charge in [-0.15, -0.1) is 0 Å². The van der Waals surface area contributed by atoms with Crippen molar-refractivity contribution >= 4 is 5.97 Å². The molecule has 19 heavy (non-hydrogen) atoms. The van der Waals surface area contributed by atoms with Gasteiger partial charge in [0.25, 0.3) is 0 Å². The van der Waals surface area contributed by atoms with Gasteiger partial charge in [0.1, 0.15) is 5.75 Å². The van der Waals surface area contributed by atoms with Gasteiger partial charge >= 0.3 is 5.97 Å². The van der Waals surface area contributed by atoms with Gasteiger partial charge in [-0.25, -0.2) is 0 Å². The summed E-state index contributed by atoms with van der Waals surface area (Å²) >= 11 is 0. The van der Waals surface area contributed by atoms with E-state index in [0.29, 0.717) is 13.0 Å². The van der Waals surface area contributed by atoms with E-state index in [9.17, 15) is 4.79 Å². The molecular formula is C15H23NO3. The summed E-state index contributed by atoms with van der Waals surface area (Å²) in [5, 5.41) is 8.87. The minimum Gasteiger partial charge on any atom is -0.494 e. The van der Waals surface area contributed by atoms with Crippen LogP contribution in [0.3, 0.4) is 0 Å². The van der Waals surface area contributed by atoms with Crippen molar-refractivity contribution in [3.63, 3.8) is 0 Å². The van der Waals surface area contributed by atoms with Crippen LogP contribution in [0.5, 0.6) is 5.75 Å². The first-order chi connectivity index (χ1) is 8.84.